The van der Waals surface area contributed by atoms with E-state index >= 15 is 0 Å². The predicted molar refractivity (Wildman–Crippen MR) is 107 cm³/mol. The molecule has 0 radical (unpaired) electrons. The third-order valence-electron chi connectivity index (χ3n) is 7.08. The van der Waals surface area contributed by atoms with E-state index in [1.165, 1.54) is 0 Å². The van der Waals surface area contributed by atoms with Crippen LogP contribution in [0.5, 0.6) is 0 Å². The van der Waals surface area contributed by atoms with Crippen LogP contribution in [0.25, 0.3) is 0 Å². The molecule has 0 unspecified atom stereocenters. The van der Waals surface area contributed by atoms with E-state index in [4.69, 9.17) is 0 Å². The fourth-order valence-corrected chi connectivity index (χ4v) is 5.33. The highest BCUT2D eigenvalue weighted by Crippen LogP contribution is 2.52. The number of carbonyl (C=O) groups excluding carboxylic acids is 2. The number of amides is 2. The van der Waals surface area contributed by atoms with Crippen LogP contribution in [0.2, 0.25) is 0 Å². The minimum absolute atomic E-state index is 0.159. The summed E-state index contributed by atoms with van der Waals surface area (Å²) in [6.07, 6.45) is 2.31. The maximum atomic E-state index is 13.6. The lowest BCUT2D eigenvalue weighted by atomic mass is 9.80. The van der Waals surface area contributed by atoms with E-state index in [-0.39, 0.29) is 28.6 Å². The van der Waals surface area contributed by atoms with Gasteiger partial charge in [0.05, 0.1) is 10.8 Å². The molecule has 3 aliphatic rings. The molecule has 2 aliphatic heterocycles. The van der Waals surface area contributed by atoms with Crippen molar-refractivity contribution in [1.29, 1.82) is 0 Å². The molecule has 152 valence electrons. The number of rotatable bonds is 4. The van der Waals surface area contributed by atoms with Gasteiger partial charge in [-0.3, -0.25) is 14.7 Å². The Bertz CT molecular complexity index is 951. The van der Waals surface area contributed by atoms with Crippen molar-refractivity contribution >= 4 is 11.8 Å². The van der Waals surface area contributed by atoms with E-state index in [9.17, 15) is 9.59 Å². The highest BCUT2D eigenvalue weighted by molar-refractivity contribution is 5.91. The first-order chi connectivity index (χ1) is 14.0. The molecule has 2 aromatic rings. The molecular formula is C22H27N5O2. The second kappa shape index (κ2) is 6.40. The Morgan fingerprint density at radius 3 is 2.45 bits per heavy atom. The Labute approximate surface area is 170 Å². The van der Waals surface area contributed by atoms with Gasteiger partial charge in [-0.05, 0) is 25.3 Å². The molecule has 1 N–H and O–H groups in total. The van der Waals surface area contributed by atoms with Gasteiger partial charge >= 0.3 is 0 Å². The van der Waals surface area contributed by atoms with Crippen molar-refractivity contribution in [1.82, 2.24) is 25.0 Å². The lowest BCUT2D eigenvalue weighted by Crippen LogP contribution is -2.44. The van der Waals surface area contributed by atoms with Gasteiger partial charge in [0, 0.05) is 38.5 Å². The van der Waals surface area contributed by atoms with Crippen LogP contribution in [-0.4, -0.2) is 63.0 Å². The van der Waals surface area contributed by atoms with Crippen molar-refractivity contribution in [2.75, 3.05) is 26.2 Å². The molecule has 2 atom stereocenters. The second-order valence-electron chi connectivity index (χ2n) is 8.86. The van der Waals surface area contributed by atoms with E-state index in [1.807, 2.05) is 41.8 Å². The Balaban J connectivity index is 1.45. The van der Waals surface area contributed by atoms with Gasteiger partial charge in [-0.1, -0.05) is 37.3 Å². The van der Waals surface area contributed by atoms with E-state index in [2.05, 4.69) is 27.3 Å². The molecule has 3 heterocycles. The maximum Gasteiger partial charge on any atom is 0.233 e. The molecular weight excluding hydrogens is 366 g/mol. The van der Waals surface area contributed by atoms with E-state index < -0.39 is 0 Å². The van der Waals surface area contributed by atoms with Gasteiger partial charge < -0.3 is 9.80 Å². The topological polar surface area (TPSA) is 82.2 Å². The standard InChI is InChI=1S/C22H27N5O2/c1-3-18(28)26-11-17-12-27(14-22(17,13-26)19-23-15(2)24-25-19)20(29)21(9-10-21)16-7-5-4-6-8-16/h4-8,17H,3,9-14H2,1-2H3,(H,23,24,25)/t17-,22-/m0/s1. The predicted octanol–water partition coefficient (Wildman–Crippen LogP) is 1.79. The van der Waals surface area contributed by atoms with E-state index in [0.717, 1.165) is 30.1 Å². The quantitative estimate of drug-likeness (QED) is 0.859. The Kier molecular flexibility index (Phi) is 4.05. The monoisotopic (exact) mass is 393 g/mol. The molecule has 2 amide bonds. The average Bonchev–Trinajstić information content (AvgIpc) is 3.09. The molecule has 0 bridgehead atoms. The third kappa shape index (κ3) is 2.70. The van der Waals surface area contributed by atoms with Gasteiger partial charge in [0.25, 0.3) is 0 Å². The summed E-state index contributed by atoms with van der Waals surface area (Å²) in [5.41, 5.74) is 0.375. The van der Waals surface area contributed by atoms with Crippen LogP contribution in [0.3, 0.4) is 0 Å². The summed E-state index contributed by atoms with van der Waals surface area (Å²) in [5.74, 6) is 2.06. The van der Waals surface area contributed by atoms with E-state index in [1.54, 1.807) is 0 Å². The fourth-order valence-electron chi connectivity index (χ4n) is 5.33. The van der Waals surface area contributed by atoms with Crippen molar-refractivity contribution in [2.45, 2.75) is 43.9 Å². The second-order valence-corrected chi connectivity index (χ2v) is 8.86. The summed E-state index contributed by atoms with van der Waals surface area (Å²) in [6, 6.07) is 10.1. The summed E-state index contributed by atoms with van der Waals surface area (Å²) in [5, 5.41) is 7.42. The van der Waals surface area contributed by atoms with Crippen molar-refractivity contribution < 1.29 is 9.59 Å². The normalized spacial score (nSPS) is 27.2. The number of hydrogen-bond donors (Lipinski definition) is 1. The first-order valence-electron chi connectivity index (χ1n) is 10.5. The fraction of sp³-hybridized carbons (Fsp3) is 0.545. The number of aromatic amines is 1. The first-order valence-corrected chi connectivity index (χ1v) is 10.5. The van der Waals surface area contributed by atoms with Crippen LogP contribution in [0.1, 0.15) is 43.4 Å². The number of benzene rings is 1. The number of likely N-dealkylation sites (tertiary alicyclic amines) is 2. The molecule has 29 heavy (non-hydrogen) atoms. The molecule has 1 aromatic carbocycles. The number of hydrogen-bond acceptors (Lipinski definition) is 4. The van der Waals surface area contributed by atoms with Gasteiger partial charge in [0.2, 0.25) is 11.8 Å². The zero-order valence-electron chi connectivity index (χ0n) is 17.0. The first kappa shape index (κ1) is 18.3. The highest BCUT2D eigenvalue weighted by Gasteiger charge is 2.61. The molecule has 5 rings (SSSR count). The summed E-state index contributed by atoms with van der Waals surface area (Å²) in [6.45, 7) is 6.28. The molecule has 3 fully saturated rings. The van der Waals surface area contributed by atoms with Gasteiger partial charge in [0.15, 0.2) is 5.82 Å². The molecule has 7 nitrogen and oxygen atoms in total. The van der Waals surface area contributed by atoms with Crippen LogP contribution in [0.15, 0.2) is 30.3 Å². The van der Waals surface area contributed by atoms with Crippen molar-refractivity contribution in [3.8, 4) is 0 Å². The lowest BCUT2D eigenvalue weighted by Gasteiger charge is -2.29. The minimum atomic E-state index is -0.377. The minimum Gasteiger partial charge on any atom is -0.341 e. The van der Waals surface area contributed by atoms with Gasteiger partial charge in [-0.2, -0.15) is 5.10 Å². The van der Waals surface area contributed by atoms with Gasteiger partial charge in [-0.15, -0.1) is 0 Å². The number of nitrogens with zero attached hydrogens (tertiary/aromatic N) is 4. The van der Waals surface area contributed by atoms with Crippen molar-refractivity contribution in [3.05, 3.63) is 47.5 Å². The number of fused-ring (bicyclic) bond motifs is 1. The summed E-state index contributed by atoms with van der Waals surface area (Å²) >= 11 is 0. The maximum absolute atomic E-state index is 13.6. The van der Waals surface area contributed by atoms with Gasteiger partial charge in [-0.25, -0.2) is 4.98 Å². The van der Waals surface area contributed by atoms with Crippen molar-refractivity contribution in [3.63, 3.8) is 0 Å². The smallest absolute Gasteiger partial charge is 0.233 e. The number of aromatic nitrogens is 3. The largest absolute Gasteiger partial charge is 0.341 e. The summed E-state index contributed by atoms with van der Waals surface area (Å²) in [7, 11) is 0. The lowest BCUT2D eigenvalue weighted by molar-refractivity contribution is -0.133. The number of aryl methyl sites for hydroxylation is 1. The molecule has 7 heteroatoms. The van der Waals surface area contributed by atoms with Crippen molar-refractivity contribution in [2.24, 2.45) is 5.92 Å². The zero-order valence-corrected chi connectivity index (χ0v) is 17.0. The third-order valence-corrected chi connectivity index (χ3v) is 7.08. The van der Waals surface area contributed by atoms with Crippen LogP contribution in [0.4, 0.5) is 0 Å². The average molecular weight is 393 g/mol. The SMILES string of the molecule is CCC(=O)N1C[C@H]2CN(C(=O)C3(c4ccccc4)CC3)C[C@@]2(c2n[nH]c(C)n2)C1. The highest BCUT2D eigenvalue weighted by atomic mass is 16.2. The molecule has 1 aromatic heterocycles. The summed E-state index contributed by atoms with van der Waals surface area (Å²) < 4.78 is 0. The van der Waals surface area contributed by atoms with E-state index in [0.29, 0.717) is 32.6 Å². The number of nitrogens with one attached hydrogen (secondary N) is 1. The number of carbonyl (C=O) groups is 2. The van der Waals surface area contributed by atoms with Crippen LogP contribution in [0, 0.1) is 12.8 Å². The molecule has 0 spiro atoms. The van der Waals surface area contributed by atoms with Crippen LogP contribution in [-0.2, 0) is 20.4 Å². The Morgan fingerprint density at radius 1 is 1.14 bits per heavy atom. The zero-order chi connectivity index (χ0) is 20.2. The Hall–Kier alpha value is -2.70. The molecule has 1 aliphatic carbocycles. The Morgan fingerprint density at radius 2 is 1.83 bits per heavy atom. The van der Waals surface area contributed by atoms with Gasteiger partial charge in [0.1, 0.15) is 5.82 Å². The van der Waals surface area contributed by atoms with Crippen LogP contribution < -0.4 is 0 Å². The molecule has 2 saturated heterocycles. The van der Waals surface area contributed by atoms with Crippen LogP contribution >= 0.6 is 0 Å². The summed E-state index contributed by atoms with van der Waals surface area (Å²) in [4.78, 5) is 34.6. The number of H-pyrrole nitrogens is 1. The molecule has 1 saturated carbocycles.